The predicted molar refractivity (Wildman–Crippen MR) is 244 cm³/mol. The van der Waals surface area contributed by atoms with E-state index < -0.39 is 0 Å². The molecule has 1 aliphatic rings. The summed E-state index contributed by atoms with van der Waals surface area (Å²) >= 11 is 1.66. The van der Waals surface area contributed by atoms with Gasteiger partial charge in [0, 0.05) is 62.7 Å². The number of fused-ring (bicyclic) bond motifs is 1. The lowest BCUT2D eigenvalue weighted by Crippen LogP contribution is -2.46. The standard InChI is InChI=1S/C49H56N6O5S/c1-36-14-15-38(49-37(2)52-35-61-49)30-45(36)59-29-28-57-26-10-5-4-9-20-54-22-24-55(25-23-54)21-11-27-58-47-32-44-43(31-46(47)56-3)48(39(33-50)34-51-44)53-40-16-18-42(19-17-40)60-41-12-7-6-8-13-41/h6-8,12-19,30-32,34-35H,4-5,9-11,20-29H2,1-3H3,(H,51,53). The molecule has 12 heteroatoms. The van der Waals surface area contributed by atoms with E-state index in [0.29, 0.717) is 48.1 Å². The summed E-state index contributed by atoms with van der Waals surface area (Å²) in [5.74, 6) is 3.64. The Morgan fingerprint density at radius 1 is 0.721 bits per heavy atom. The molecule has 1 saturated heterocycles. The number of hydrogen-bond acceptors (Lipinski definition) is 12. The van der Waals surface area contributed by atoms with Gasteiger partial charge in [-0.2, -0.15) is 5.26 Å². The van der Waals surface area contributed by atoms with E-state index in [-0.39, 0.29) is 0 Å². The number of rotatable bonds is 22. The molecule has 1 aliphatic heterocycles. The van der Waals surface area contributed by atoms with Crippen LogP contribution in [0.1, 0.15) is 48.9 Å². The molecule has 0 bridgehead atoms. The zero-order chi connectivity index (χ0) is 42.2. The Labute approximate surface area is 363 Å². The molecule has 2 aromatic heterocycles. The number of piperazine rings is 1. The van der Waals surface area contributed by atoms with Crippen LogP contribution in [0.5, 0.6) is 28.7 Å². The van der Waals surface area contributed by atoms with Crippen molar-refractivity contribution < 1.29 is 23.7 Å². The summed E-state index contributed by atoms with van der Waals surface area (Å²) in [4.78, 5) is 15.3. The average Bonchev–Trinajstić information content (AvgIpc) is 3.73. The molecular formula is C49H56N6O5S. The summed E-state index contributed by atoms with van der Waals surface area (Å²) in [5.41, 5.74) is 7.85. The topological polar surface area (TPSA) is 114 Å². The van der Waals surface area contributed by atoms with Crippen LogP contribution in [0, 0.1) is 25.2 Å². The lowest BCUT2D eigenvalue weighted by Gasteiger charge is -2.34. The Morgan fingerprint density at radius 2 is 1.46 bits per heavy atom. The number of benzene rings is 4. The third-order valence-electron chi connectivity index (χ3n) is 10.9. The van der Waals surface area contributed by atoms with Crippen molar-refractivity contribution in [1.82, 2.24) is 19.8 Å². The zero-order valence-corrected chi connectivity index (χ0v) is 36.3. The molecule has 0 unspecified atom stereocenters. The molecule has 1 fully saturated rings. The second-order valence-electron chi connectivity index (χ2n) is 15.3. The molecule has 6 aromatic rings. The molecule has 4 aromatic carbocycles. The fourth-order valence-corrected chi connectivity index (χ4v) is 8.26. The van der Waals surface area contributed by atoms with Gasteiger partial charge in [-0.25, -0.2) is 4.98 Å². The first-order valence-electron chi connectivity index (χ1n) is 21.3. The van der Waals surface area contributed by atoms with Crippen molar-refractivity contribution in [3.05, 3.63) is 113 Å². The van der Waals surface area contributed by atoms with Crippen molar-refractivity contribution >= 4 is 33.6 Å². The van der Waals surface area contributed by atoms with Gasteiger partial charge in [0.2, 0.25) is 0 Å². The summed E-state index contributed by atoms with van der Waals surface area (Å²) in [6.07, 6.45) is 7.22. The monoisotopic (exact) mass is 840 g/mol. The van der Waals surface area contributed by atoms with Gasteiger partial charge in [0.1, 0.15) is 29.9 Å². The van der Waals surface area contributed by atoms with Crippen molar-refractivity contribution in [1.29, 1.82) is 5.26 Å². The van der Waals surface area contributed by atoms with E-state index in [9.17, 15) is 5.26 Å². The van der Waals surface area contributed by atoms with Gasteiger partial charge in [0.15, 0.2) is 11.5 Å². The fourth-order valence-electron chi connectivity index (χ4n) is 7.46. The molecule has 0 saturated carbocycles. The normalized spacial score (nSPS) is 13.2. The lowest BCUT2D eigenvalue weighted by atomic mass is 10.1. The SMILES string of the molecule is COc1cc2c(Nc3ccc(Oc4ccccc4)cc3)c(C#N)cnc2cc1OCCCN1CCN(CCCCCCOCCOc2cc(-c3scnc3C)ccc2C)CC1. The van der Waals surface area contributed by atoms with Gasteiger partial charge in [-0.05, 0) is 99.3 Å². The van der Waals surface area contributed by atoms with Crippen molar-refractivity contribution in [2.75, 3.05) is 78.1 Å². The largest absolute Gasteiger partial charge is 0.493 e. The molecule has 0 aliphatic carbocycles. The molecule has 0 spiro atoms. The Kier molecular flexibility index (Phi) is 15.8. The number of nitrogens with zero attached hydrogens (tertiary/aromatic N) is 5. The quantitative estimate of drug-likeness (QED) is 0.0659. The van der Waals surface area contributed by atoms with E-state index in [0.717, 1.165) is 104 Å². The first-order valence-corrected chi connectivity index (χ1v) is 22.2. The Hall–Kier alpha value is -5.71. The number of thiazole rings is 1. The van der Waals surface area contributed by atoms with Crippen LogP contribution in [-0.2, 0) is 4.74 Å². The second-order valence-corrected chi connectivity index (χ2v) is 16.1. The summed E-state index contributed by atoms with van der Waals surface area (Å²) in [7, 11) is 1.63. The number of aromatic nitrogens is 2. The van der Waals surface area contributed by atoms with Crippen LogP contribution < -0.4 is 24.3 Å². The van der Waals surface area contributed by atoms with Crippen LogP contribution in [0.2, 0.25) is 0 Å². The second kappa shape index (κ2) is 22.2. The Balaban J connectivity index is 0.765. The molecule has 7 rings (SSSR count). The number of aryl methyl sites for hydroxylation is 2. The molecule has 318 valence electrons. The van der Waals surface area contributed by atoms with Gasteiger partial charge < -0.3 is 38.8 Å². The van der Waals surface area contributed by atoms with Crippen molar-refractivity contribution in [3.8, 4) is 45.3 Å². The molecule has 61 heavy (non-hydrogen) atoms. The maximum Gasteiger partial charge on any atom is 0.163 e. The maximum absolute atomic E-state index is 9.94. The number of methoxy groups -OCH3 is 1. The number of unbranched alkanes of at least 4 members (excludes halogenated alkanes) is 3. The fraction of sp³-hybridized carbons (Fsp3) is 0.367. The number of para-hydroxylation sites is 1. The van der Waals surface area contributed by atoms with Gasteiger partial charge in [0.05, 0.1) is 53.2 Å². The highest BCUT2D eigenvalue weighted by molar-refractivity contribution is 7.13. The number of nitrogens with one attached hydrogen (secondary N) is 1. The van der Waals surface area contributed by atoms with Crippen LogP contribution in [-0.4, -0.2) is 92.6 Å². The number of ether oxygens (including phenoxy) is 5. The molecular weight excluding hydrogens is 785 g/mol. The van der Waals surface area contributed by atoms with E-state index in [4.69, 9.17) is 23.7 Å². The van der Waals surface area contributed by atoms with Gasteiger partial charge in [-0.1, -0.05) is 43.2 Å². The minimum absolute atomic E-state index is 0.434. The first kappa shape index (κ1) is 43.4. The highest BCUT2D eigenvalue weighted by atomic mass is 32.1. The smallest absolute Gasteiger partial charge is 0.163 e. The summed E-state index contributed by atoms with van der Waals surface area (Å²) in [5, 5.41) is 14.1. The van der Waals surface area contributed by atoms with Crippen molar-refractivity contribution in [2.45, 2.75) is 46.0 Å². The Bertz CT molecular complexity index is 2340. The first-order chi connectivity index (χ1) is 30.0. The minimum Gasteiger partial charge on any atom is -0.493 e. The Morgan fingerprint density at radius 3 is 2.20 bits per heavy atom. The zero-order valence-electron chi connectivity index (χ0n) is 35.5. The molecule has 11 nitrogen and oxygen atoms in total. The average molecular weight is 841 g/mol. The van der Waals surface area contributed by atoms with Crippen LogP contribution >= 0.6 is 11.3 Å². The van der Waals surface area contributed by atoms with E-state index in [1.807, 2.05) is 79.2 Å². The van der Waals surface area contributed by atoms with Crippen molar-refractivity contribution in [3.63, 3.8) is 0 Å². The third kappa shape index (κ3) is 12.2. The van der Waals surface area contributed by atoms with Crippen LogP contribution in [0.25, 0.3) is 21.3 Å². The van der Waals surface area contributed by atoms with Gasteiger partial charge in [0.25, 0.3) is 0 Å². The number of hydrogen-bond donors (Lipinski definition) is 1. The molecule has 0 atom stereocenters. The predicted octanol–water partition coefficient (Wildman–Crippen LogP) is 10.4. The van der Waals surface area contributed by atoms with Gasteiger partial charge in [-0.3, -0.25) is 4.98 Å². The van der Waals surface area contributed by atoms with E-state index in [2.05, 4.69) is 56.3 Å². The van der Waals surface area contributed by atoms with Crippen LogP contribution in [0.4, 0.5) is 11.4 Å². The molecule has 1 N–H and O–H groups in total. The lowest BCUT2D eigenvalue weighted by molar-refractivity contribution is 0.0962. The maximum atomic E-state index is 9.94. The molecule has 0 radical (unpaired) electrons. The number of nitriles is 1. The number of pyridine rings is 1. The van der Waals surface area contributed by atoms with E-state index in [1.54, 1.807) is 24.6 Å². The molecule has 3 heterocycles. The minimum atomic E-state index is 0.434. The number of anilines is 2. The highest BCUT2D eigenvalue weighted by Gasteiger charge is 2.18. The van der Waals surface area contributed by atoms with E-state index in [1.165, 1.54) is 24.1 Å². The molecule has 0 amide bonds. The van der Waals surface area contributed by atoms with E-state index >= 15 is 0 Å². The van der Waals surface area contributed by atoms with Crippen LogP contribution in [0.15, 0.2) is 96.6 Å². The van der Waals surface area contributed by atoms with Gasteiger partial charge in [-0.15, -0.1) is 11.3 Å². The summed E-state index contributed by atoms with van der Waals surface area (Å²) < 4.78 is 29.9. The summed E-state index contributed by atoms with van der Waals surface area (Å²) in [6, 6.07) is 29.7. The third-order valence-corrected chi connectivity index (χ3v) is 11.9. The highest BCUT2D eigenvalue weighted by Crippen LogP contribution is 2.38. The van der Waals surface area contributed by atoms with Crippen LogP contribution in [0.3, 0.4) is 0 Å². The van der Waals surface area contributed by atoms with Crippen molar-refractivity contribution in [2.24, 2.45) is 0 Å². The van der Waals surface area contributed by atoms with Gasteiger partial charge >= 0.3 is 0 Å². The summed E-state index contributed by atoms with van der Waals surface area (Å²) in [6.45, 7) is 13.1.